The van der Waals surface area contributed by atoms with E-state index in [4.69, 9.17) is 0 Å². The van der Waals surface area contributed by atoms with Crippen LogP contribution in [0.5, 0.6) is 0 Å². The molecule has 0 fully saturated rings. The summed E-state index contributed by atoms with van der Waals surface area (Å²) in [5.41, 5.74) is 18.0. The Morgan fingerprint density at radius 2 is 0.931 bits per heavy atom. The molecule has 0 saturated carbocycles. The quantitative estimate of drug-likeness (QED) is 0.158. The van der Waals surface area contributed by atoms with Crippen LogP contribution in [0.3, 0.4) is 0 Å². The molecule has 1 heterocycles. The fourth-order valence-corrected chi connectivity index (χ4v) is 9.46. The average Bonchev–Trinajstić information content (AvgIpc) is 3.78. The lowest BCUT2D eigenvalue weighted by Gasteiger charge is -2.30. The maximum atomic E-state index is 2.45. The van der Waals surface area contributed by atoms with Gasteiger partial charge in [-0.05, 0) is 112 Å². The Balaban J connectivity index is 1.06. The van der Waals surface area contributed by atoms with Gasteiger partial charge in [0.05, 0.1) is 16.7 Å². The molecule has 0 bridgehead atoms. The smallest absolute Gasteiger partial charge is 0.0543 e. The van der Waals surface area contributed by atoms with E-state index in [-0.39, 0.29) is 5.41 Å². The van der Waals surface area contributed by atoms with Gasteiger partial charge in [-0.15, -0.1) is 0 Å². The zero-order chi connectivity index (χ0) is 38.6. The van der Waals surface area contributed by atoms with Gasteiger partial charge in [0.25, 0.3) is 0 Å². The molecule has 58 heavy (non-hydrogen) atoms. The summed E-state index contributed by atoms with van der Waals surface area (Å²) in [6.07, 6.45) is 0. The maximum Gasteiger partial charge on any atom is 0.0543 e. The fraction of sp³-hybridized carbons (Fsp3) is 0.0357. The van der Waals surface area contributed by atoms with Gasteiger partial charge in [0, 0.05) is 38.8 Å². The summed E-state index contributed by atoms with van der Waals surface area (Å²) in [4.78, 5) is 2.45. The lowest BCUT2D eigenvalue weighted by atomic mass is 9.74. The molecule has 2 nitrogen and oxygen atoms in total. The molecule has 10 aromatic rings. The van der Waals surface area contributed by atoms with E-state index in [0.717, 1.165) is 11.4 Å². The first-order chi connectivity index (χ1) is 28.7. The molecule has 0 aliphatic heterocycles. The summed E-state index contributed by atoms with van der Waals surface area (Å²) in [6.45, 7) is 2.39. The van der Waals surface area contributed by atoms with E-state index in [0.29, 0.717) is 0 Å². The highest BCUT2D eigenvalue weighted by atomic mass is 15.1. The maximum absolute atomic E-state index is 2.45. The SMILES string of the molecule is CC1(c2ccccc2)c2ccccc2-c2c(N(c3ccc(-c4ccccc4)cc3)c3ccc(-c4ccc5c(c4)c4ccccc4n5-c4ccccc4)cc3)cccc21. The Morgan fingerprint density at radius 1 is 0.397 bits per heavy atom. The second kappa shape index (κ2) is 13.7. The first-order valence-corrected chi connectivity index (χ1v) is 20.1. The first-order valence-electron chi connectivity index (χ1n) is 20.1. The van der Waals surface area contributed by atoms with Gasteiger partial charge >= 0.3 is 0 Å². The molecule has 1 aliphatic rings. The third-order valence-corrected chi connectivity index (χ3v) is 12.3. The summed E-state index contributed by atoms with van der Waals surface area (Å²) in [7, 11) is 0. The predicted molar refractivity (Wildman–Crippen MR) is 244 cm³/mol. The van der Waals surface area contributed by atoms with Gasteiger partial charge in [0.15, 0.2) is 0 Å². The van der Waals surface area contributed by atoms with Crippen molar-refractivity contribution in [3.05, 3.63) is 241 Å². The van der Waals surface area contributed by atoms with Gasteiger partial charge in [-0.25, -0.2) is 0 Å². The molecule has 1 unspecified atom stereocenters. The molecular weight excluding hydrogens is 701 g/mol. The standard InChI is InChI=1S/C56H40N2/c1-56(43-18-7-3-8-19-43)50-24-13-11-23-48(50)55-51(56)25-15-27-54(55)57(45-33-28-40(29-34-45)39-16-5-2-6-17-39)46-35-30-41(31-36-46)42-32-37-53-49(38-42)47-22-12-14-26-52(47)58(53)44-20-9-4-10-21-44/h2-38H,1H3. The minimum absolute atomic E-state index is 0.293. The van der Waals surface area contributed by atoms with E-state index in [1.165, 1.54) is 83.3 Å². The summed E-state index contributed by atoms with van der Waals surface area (Å²) in [6, 6.07) is 81.9. The average molecular weight is 741 g/mol. The van der Waals surface area contributed by atoms with Crippen molar-refractivity contribution in [3.8, 4) is 39.1 Å². The molecule has 9 aromatic carbocycles. The number of aromatic nitrogens is 1. The van der Waals surface area contributed by atoms with E-state index in [1.807, 2.05) is 0 Å². The van der Waals surface area contributed by atoms with E-state index in [9.17, 15) is 0 Å². The number of benzene rings is 9. The molecule has 1 atom stereocenters. The van der Waals surface area contributed by atoms with Crippen molar-refractivity contribution in [2.75, 3.05) is 4.90 Å². The Bertz CT molecular complexity index is 3090. The van der Waals surface area contributed by atoms with E-state index in [2.05, 4.69) is 241 Å². The number of hydrogen-bond acceptors (Lipinski definition) is 1. The van der Waals surface area contributed by atoms with E-state index >= 15 is 0 Å². The normalized spacial score (nSPS) is 14.4. The molecule has 274 valence electrons. The van der Waals surface area contributed by atoms with Crippen molar-refractivity contribution < 1.29 is 0 Å². The molecule has 0 radical (unpaired) electrons. The van der Waals surface area contributed by atoms with Gasteiger partial charge in [-0.3, -0.25) is 0 Å². The molecule has 0 spiro atoms. The first kappa shape index (κ1) is 33.9. The highest BCUT2D eigenvalue weighted by Gasteiger charge is 2.42. The number of para-hydroxylation sites is 2. The highest BCUT2D eigenvalue weighted by molar-refractivity contribution is 6.10. The monoisotopic (exact) mass is 740 g/mol. The number of nitrogens with zero attached hydrogens (tertiary/aromatic N) is 2. The summed E-state index contributed by atoms with van der Waals surface area (Å²) < 4.78 is 2.37. The van der Waals surface area contributed by atoms with E-state index < -0.39 is 0 Å². The van der Waals surface area contributed by atoms with Gasteiger partial charge < -0.3 is 9.47 Å². The highest BCUT2D eigenvalue weighted by Crippen LogP contribution is 2.56. The summed E-state index contributed by atoms with van der Waals surface area (Å²) in [5.74, 6) is 0. The summed E-state index contributed by atoms with van der Waals surface area (Å²) >= 11 is 0. The van der Waals surface area contributed by atoms with Gasteiger partial charge in [-0.2, -0.15) is 0 Å². The Hall–Kier alpha value is -7.42. The second-order valence-electron chi connectivity index (χ2n) is 15.5. The third-order valence-electron chi connectivity index (χ3n) is 12.3. The number of fused-ring (bicyclic) bond motifs is 6. The van der Waals surface area contributed by atoms with Crippen LogP contribution in [0.2, 0.25) is 0 Å². The molecule has 0 saturated heterocycles. The Labute approximate surface area is 339 Å². The largest absolute Gasteiger partial charge is 0.310 e. The van der Waals surface area contributed by atoms with Crippen LogP contribution in [0.1, 0.15) is 23.6 Å². The molecular formula is C56H40N2. The second-order valence-corrected chi connectivity index (χ2v) is 15.5. The number of anilines is 3. The summed E-state index contributed by atoms with van der Waals surface area (Å²) in [5, 5.41) is 2.51. The van der Waals surface area contributed by atoms with Crippen LogP contribution >= 0.6 is 0 Å². The molecule has 2 heteroatoms. The topological polar surface area (TPSA) is 8.17 Å². The number of rotatable bonds is 7. The zero-order valence-electron chi connectivity index (χ0n) is 32.3. The fourth-order valence-electron chi connectivity index (χ4n) is 9.46. The Kier molecular flexibility index (Phi) is 7.97. The van der Waals surface area contributed by atoms with Crippen LogP contribution in [0.25, 0.3) is 60.9 Å². The van der Waals surface area contributed by atoms with Gasteiger partial charge in [0.2, 0.25) is 0 Å². The zero-order valence-corrected chi connectivity index (χ0v) is 32.3. The van der Waals surface area contributed by atoms with Crippen LogP contribution in [-0.4, -0.2) is 4.57 Å². The number of hydrogen-bond donors (Lipinski definition) is 0. The van der Waals surface area contributed by atoms with Crippen molar-refractivity contribution >= 4 is 38.9 Å². The minimum atomic E-state index is -0.293. The van der Waals surface area contributed by atoms with Gasteiger partial charge in [0.1, 0.15) is 0 Å². The van der Waals surface area contributed by atoms with Crippen molar-refractivity contribution in [2.24, 2.45) is 0 Å². The lowest BCUT2D eigenvalue weighted by Crippen LogP contribution is -2.22. The van der Waals surface area contributed by atoms with Gasteiger partial charge in [-0.1, -0.05) is 164 Å². The van der Waals surface area contributed by atoms with E-state index in [1.54, 1.807) is 0 Å². The molecule has 0 N–H and O–H groups in total. The van der Waals surface area contributed by atoms with Crippen LogP contribution in [-0.2, 0) is 5.41 Å². The molecule has 1 aliphatic carbocycles. The molecule has 11 rings (SSSR count). The van der Waals surface area contributed by atoms with Crippen molar-refractivity contribution in [1.82, 2.24) is 4.57 Å². The minimum Gasteiger partial charge on any atom is -0.310 e. The molecule has 1 aromatic heterocycles. The van der Waals surface area contributed by atoms with Crippen LogP contribution in [0, 0.1) is 0 Å². The lowest BCUT2D eigenvalue weighted by molar-refractivity contribution is 0.714. The van der Waals surface area contributed by atoms with Crippen LogP contribution in [0.4, 0.5) is 17.1 Å². The van der Waals surface area contributed by atoms with Crippen LogP contribution in [0.15, 0.2) is 224 Å². The van der Waals surface area contributed by atoms with Crippen molar-refractivity contribution in [1.29, 1.82) is 0 Å². The van der Waals surface area contributed by atoms with Crippen molar-refractivity contribution in [2.45, 2.75) is 12.3 Å². The predicted octanol–water partition coefficient (Wildman–Crippen LogP) is 14.9. The van der Waals surface area contributed by atoms with Crippen molar-refractivity contribution in [3.63, 3.8) is 0 Å². The van der Waals surface area contributed by atoms with Crippen LogP contribution < -0.4 is 4.90 Å². The Morgan fingerprint density at radius 3 is 1.66 bits per heavy atom. The third kappa shape index (κ3) is 5.33. The molecule has 0 amide bonds.